The number of carbonyl (C=O) groups excluding carboxylic acids is 1. The Bertz CT molecular complexity index is 587. The summed E-state index contributed by atoms with van der Waals surface area (Å²) in [5.41, 5.74) is 1.08. The first-order valence-corrected chi connectivity index (χ1v) is 6.26. The highest BCUT2D eigenvalue weighted by Crippen LogP contribution is 2.04. The van der Waals surface area contributed by atoms with Gasteiger partial charge in [0.05, 0.1) is 0 Å². The molecule has 0 saturated carbocycles. The van der Waals surface area contributed by atoms with Crippen LogP contribution in [0, 0.1) is 6.92 Å². The third-order valence-corrected chi connectivity index (χ3v) is 2.56. The van der Waals surface area contributed by atoms with E-state index < -0.39 is 0 Å². The molecule has 7 heteroatoms. The number of hydrogen-bond acceptors (Lipinski definition) is 6. The van der Waals surface area contributed by atoms with Crippen molar-refractivity contribution in [3.8, 4) is 0 Å². The first-order chi connectivity index (χ1) is 9.69. The molecule has 20 heavy (non-hydrogen) atoms. The molecular weight excluding hydrogens is 256 g/mol. The van der Waals surface area contributed by atoms with Crippen molar-refractivity contribution in [3.63, 3.8) is 0 Å². The number of aryl methyl sites for hydroxylation is 1. The normalized spacial score (nSPS) is 10.1. The second-order valence-corrected chi connectivity index (χ2v) is 4.14. The Morgan fingerprint density at radius 3 is 2.70 bits per heavy atom. The molecule has 0 fully saturated rings. The molecule has 0 bridgehead atoms. The highest BCUT2D eigenvalue weighted by Gasteiger charge is 2.09. The van der Waals surface area contributed by atoms with E-state index in [2.05, 4.69) is 30.6 Å². The number of rotatable bonds is 5. The molecule has 2 aromatic rings. The first-order valence-electron chi connectivity index (χ1n) is 6.26. The molecular formula is C13H16N6O. The molecule has 0 radical (unpaired) electrons. The Morgan fingerprint density at radius 2 is 2.00 bits per heavy atom. The lowest BCUT2D eigenvalue weighted by atomic mass is 10.3. The minimum absolute atomic E-state index is 0.233. The predicted octanol–water partition coefficient (Wildman–Crippen LogP) is 0.589. The Morgan fingerprint density at radius 1 is 1.25 bits per heavy atom. The molecule has 0 saturated heterocycles. The highest BCUT2D eigenvalue weighted by molar-refractivity contribution is 5.92. The summed E-state index contributed by atoms with van der Waals surface area (Å²) in [4.78, 5) is 28.4. The molecule has 7 nitrogen and oxygen atoms in total. The van der Waals surface area contributed by atoms with Gasteiger partial charge < -0.3 is 10.6 Å². The fourth-order valence-corrected chi connectivity index (χ4v) is 1.63. The lowest BCUT2D eigenvalue weighted by molar-refractivity contribution is 0.0949. The number of anilines is 1. The van der Waals surface area contributed by atoms with E-state index in [0.29, 0.717) is 30.4 Å². The van der Waals surface area contributed by atoms with Gasteiger partial charge in [-0.05, 0) is 19.1 Å². The van der Waals surface area contributed by atoms with Crippen LogP contribution in [0.15, 0.2) is 24.5 Å². The molecule has 0 unspecified atom stereocenters. The number of nitrogens with zero attached hydrogens (tertiary/aromatic N) is 4. The second kappa shape index (κ2) is 6.55. The molecule has 2 N–H and O–H groups in total. The molecule has 0 aliphatic heterocycles. The highest BCUT2D eigenvalue weighted by atomic mass is 16.1. The van der Waals surface area contributed by atoms with Gasteiger partial charge in [-0.3, -0.25) is 4.79 Å². The largest absolute Gasteiger partial charge is 0.357 e. The zero-order chi connectivity index (χ0) is 14.4. The third-order valence-electron chi connectivity index (χ3n) is 2.56. The summed E-state index contributed by atoms with van der Waals surface area (Å²) in [6, 6.07) is 3.40. The van der Waals surface area contributed by atoms with Gasteiger partial charge in [0.15, 0.2) is 0 Å². The van der Waals surface area contributed by atoms with E-state index in [1.807, 2.05) is 6.92 Å². The van der Waals surface area contributed by atoms with Crippen molar-refractivity contribution in [2.45, 2.75) is 13.3 Å². The molecule has 0 atom stereocenters. The molecule has 2 aromatic heterocycles. The van der Waals surface area contributed by atoms with E-state index in [0.717, 1.165) is 5.69 Å². The quantitative estimate of drug-likeness (QED) is 0.827. The Kier molecular flexibility index (Phi) is 4.54. The van der Waals surface area contributed by atoms with Gasteiger partial charge in [0.1, 0.15) is 11.5 Å². The standard InChI is InChI=1S/C13H16N6O/c1-9-8-10(19-13(14-2)18-9)12(20)17-7-4-11-15-5-3-6-16-11/h3,5-6,8H,4,7H2,1-2H3,(H,17,20)(H,14,18,19). The van der Waals surface area contributed by atoms with Crippen molar-refractivity contribution in [2.75, 3.05) is 18.9 Å². The van der Waals surface area contributed by atoms with Gasteiger partial charge in [0.25, 0.3) is 5.91 Å². The van der Waals surface area contributed by atoms with E-state index in [1.165, 1.54) is 0 Å². The van der Waals surface area contributed by atoms with Crippen molar-refractivity contribution in [3.05, 3.63) is 41.7 Å². The summed E-state index contributed by atoms with van der Waals surface area (Å²) in [5.74, 6) is 0.895. The Hall–Kier alpha value is -2.57. The predicted molar refractivity (Wildman–Crippen MR) is 74.4 cm³/mol. The fourth-order valence-electron chi connectivity index (χ4n) is 1.63. The van der Waals surface area contributed by atoms with E-state index in [1.54, 1.807) is 31.6 Å². The van der Waals surface area contributed by atoms with Crippen molar-refractivity contribution < 1.29 is 4.79 Å². The van der Waals surface area contributed by atoms with Crippen LogP contribution >= 0.6 is 0 Å². The number of amides is 1. The number of aromatic nitrogens is 4. The molecule has 2 rings (SSSR count). The maximum absolute atomic E-state index is 12.0. The van der Waals surface area contributed by atoms with Gasteiger partial charge in [-0.25, -0.2) is 19.9 Å². The topological polar surface area (TPSA) is 92.7 Å². The summed E-state index contributed by atoms with van der Waals surface area (Å²) >= 11 is 0. The van der Waals surface area contributed by atoms with E-state index in [-0.39, 0.29) is 5.91 Å². The smallest absolute Gasteiger partial charge is 0.270 e. The molecule has 2 heterocycles. The molecule has 0 aliphatic rings. The fraction of sp³-hybridized carbons (Fsp3) is 0.308. The van der Waals surface area contributed by atoms with E-state index in [9.17, 15) is 4.79 Å². The maximum atomic E-state index is 12.0. The van der Waals surface area contributed by atoms with E-state index >= 15 is 0 Å². The van der Waals surface area contributed by atoms with Gasteiger partial charge in [-0.1, -0.05) is 0 Å². The lowest BCUT2D eigenvalue weighted by Crippen LogP contribution is -2.27. The average Bonchev–Trinajstić information content (AvgIpc) is 2.47. The molecule has 0 aromatic carbocycles. The monoisotopic (exact) mass is 272 g/mol. The van der Waals surface area contributed by atoms with Crippen molar-refractivity contribution in [2.24, 2.45) is 0 Å². The van der Waals surface area contributed by atoms with Crippen molar-refractivity contribution >= 4 is 11.9 Å². The lowest BCUT2D eigenvalue weighted by Gasteiger charge is -2.06. The van der Waals surface area contributed by atoms with Crippen LogP contribution in [0.1, 0.15) is 22.0 Å². The SMILES string of the molecule is CNc1nc(C)cc(C(=O)NCCc2ncccn2)n1. The van der Waals surface area contributed by atoms with E-state index in [4.69, 9.17) is 0 Å². The Labute approximate surface area is 116 Å². The summed E-state index contributed by atoms with van der Waals surface area (Å²) in [6.07, 6.45) is 3.93. The maximum Gasteiger partial charge on any atom is 0.270 e. The van der Waals surface area contributed by atoms with Gasteiger partial charge in [0.2, 0.25) is 5.95 Å². The number of hydrogen-bond donors (Lipinski definition) is 2. The molecule has 0 spiro atoms. The number of nitrogens with one attached hydrogen (secondary N) is 2. The zero-order valence-corrected chi connectivity index (χ0v) is 11.4. The summed E-state index contributed by atoms with van der Waals surface area (Å²) < 4.78 is 0. The van der Waals surface area contributed by atoms with Crippen LogP contribution in [-0.4, -0.2) is 39.4 Å². The second-order valence-electron chi connectivity index (χ2n) is 4.14. The molecule has 1 amide bonds. The number of carbonyl (C=O) groups is 1. The Balaban J connectivity index is 1.93. The van der Waals surface area contributed by atoms with Crippen LogP contribution in [0.2, 0.25) is 0 Å². The van der Waals surface area contributed by atoms with Crippen molar-refractivity contribution in [1.82, 2.24) is 25.3 Å². The van der Waals surface area contributed by atoms with Crippen LogP contribution in [0.3, 0.4) is 0 Å². The van der Waals surface area contributed by atoms with Crippen LogP contribution in [0.4, 0.5) is 5.95 Å². The molecule has 104 valence electrons. The summed E-state index contributed by atoms with van der Waals surface area (Å²) in [6.45, 7) is 2.28. The summed E-state index contributed by atoms with van der Waals surface area (Å²) in [5, 5.41) is 5.61. The minimum atomic E-state index is -0.233. The summed E-state index contributed by atoms with van der Waals surface area (Å²) in [7, 11) is 1.71. The van der Waals surface area contributed by atoms with Gasteiger partial charge in [-0.15, -0.1) is 0 Å². The third kappa shape index (κ3) is 3.71. The van der Waals surface area contributed by atoms with Crippen molar-refractivity contribution in [1.29, 1.82) is 0 Å². The van der Waals surface area contributed by atoms with Crippen LogP contribution < -0.4 is 10.6 Å². The van der Waals surface area contributed by atoms with Crippen LogP contribution in [-0.2, 0) is 6.42 Å². The van der Waals surface area contributed by atoms with Gasteiger partial charge in [-0.2, -0.15) is 0 Å². The van der Waals surface area contributed by atoms with Gasteiger partial charge >= 0.3 is 0 Å². The first kappa shape index (κ1) is 13.9. The minimum Gasteiger partial charge on any atom is -0.357 e. The molecule has 0 aliphatic carbocycles. The van der Waals surface area contributed by atoms with Gasteiger partial charge in [0, 0.05) is 38.1 Å². The van der Waals surface area contributed by atoms with Crippen LogP contribution in [0.25, 0.3) is 0 Å². The van der Waals surface area contributed by atoms with Crippen LogP contribution in [0.5, 0.6) is 0 Å². The average molecular weight is 272 g/mol. The zero-order valence-electron chi connectivity index (χ0n) is 11.4.